The van der Waals surface area contributed by atoms with Crippen molar-refractivity contribution in [3.05, 3.63) is 0 Å². The van der Waals surface area contributed by atoms with E-state index < -0.39 is 68.6 Å². The summed E-state index contributed by atoms with van der Waals surface area (Å²) in [5.74, 6) is -2.55. The monoisotopic (exact) mass is 708 g/mol. The molecule has 14 heteroatoms. The van der Waals surface area contributed by atoms with Crippen LogP contribution >= 0.6 is 0 Å². The van der Waals surface area contributed by atoms with Gasteiger partial charge in [0.2, 0.25) is 27.6 Å². The second-order valence-electron chi connectivity index (χ2n) is 16.6. The Morgan fingerprint density at radius 3 is 2.16 bits per heavy atom. The number of likely N-dealkylation sites (tertiary alicyclic amines) is 1. The molecule has 0 aromatic heterocycles. The van der Waals surface area contributed by atoms with Crippen LogP contribution in [-0.2, 0) is 29.2 Å². The number of carbonyl (C=O) groups is 5. The maximum Gasteiger partial charge on any atom is 0.315 e. The van der Waals surface area contributed by atoms with Crippen molar-refractivity contribution < 1.29 is 32.4 Å². The van der Waals surface area contributed by atoms with Crippen molar-refractivity contribution in [2.24, 2.45) is 22.7 Å². The number of sulfonamides is 1. The maximum atomic E-state index is 14.4. The number of ketones is 1. The molecule has 5 atom stereocenters. The zero-order valence-electron chi connectivity index (χ0n) is 30.8. The summed E-state index contributed by atoms with van der Waals surface area (Å²) in [6.07, 6.45) is 6.92. The molecule has 0 spiro atoms. The number of rotatable bonds is 15. The van der Waals surface area contributed by atoms with E-state index in [4.69, 9.17) is 0 Å². The first kappa shape index (κ1) is 39.1. The Morgan fingerprint density at radius 1 is 0.980 bits per heavy atom. The molecule has 4 rings (SSSR count). The molecule has 0 radical (unpaired) electrons. The number of carbonyl (C=O) groups excluding carboxylic acids is 5. The van der Waals surface area contributed by atoms with Crippen molar-refractivity contribution in [2.75, 3.05) is 25.9 Å². The van der Waals surface area contributed by atoms with E-state index >= 15 is 0 Å². The predicted octanol–water partition coefficient (Wildman–Crippen LogP) is 2.69. The first-order valence-electron chi connectivity index (χ1n) is 18.3. The van der Waals surface area contributed by atoms with Crippen molar-refractivity contribution >= 4 is 39.6 Å². The summed E-state index contributed by atoms with van der Waals surface area (Å²) in [6, 6.07) is -3.52. The minimum Gasteiger partial charge on any atom is -0.347 e. The highest BCUT2D eigenvalue weighted by molar-refractivity contribution is 7.89. The molecule has 3 saturated carbocycles. The lowest BCUT2D eigenvalue weighted by molar-refractivity contribution is -0.145. The molecule has 49 heavy (non-hydrogen) atoms. The van der Waals surface area contributed by atoms with Gasteiger partial charge in [-0.2, -0.15) is 0 Å². The van der Waals surface area contributed by atoms with E-state index in [0.29, 0.717) is 38.8 Å². The van der Waals surface area contributed by atoms with Crippen LogP contribution in [0, 0.1) is 22.7 Å². The minimum atomic E-state index is -3.64. The Kier molecular flexibility index (Phi) is 11.8. The van der Waals surface area contributed by atoms with Gasteiger partial charge in [0, 0.05) is 26.2 Å². The predicted molar refractivity (Wildman–Crippen MR) is 187 cm³/mol. The van der Waals surface area contributed by atoms with Crippen LogP contribution in [0.2, 0.25) is 0 Å². The molecule has 1 aliphatic heterocycles. The summed E-state index contributed by atoms with van der Waals surface area (Å²) in [4.78, 5) is 69.7. The van der Waals surface area contributed by atoms with Crippen molar-refractivity contribution in [3.63, 3.8) is 0 Å². The Bertz CT molecular complexity index is 1380. The van der Waals surface area contributed by atoms with Gasteiger partial charge >= 0.3 is 6.03 Å². The fourth-order valence-corrected chi connectivity index (χ4v) is 9.48. The molecule has 278 valence electrons. The third-order valence-electron chi connectivity index (χ3n) is 11.3. The van der Waals surface area contributed by atoms with Crippen LogP contribution in [-0.4, -0.2) is 103 Å². The molecule has 3 aliphatic carbocycles. The van der Waals surface area contributed by atoms with Gasteiger partial charge in [-0.25, -0.2) is 17.5 Å². The number of hydrogen-bond acceptors (Lipinski definition) is 7. The lowest BCUT2D eigenvalue weighted by Gasteiger charge is -2.41. The van der Waals surface area contributed by atoms with E-state index in [1.165, 1.54) is 16.3 Å². The summed E-state index contributed by atoms with van der Waals surface area (Å²) in [6.45, 7) is 14.0. The van der Waals surface area contributed by atoms with E-state index in [-0.39, 0.29) is 29.0 Å². The number of unbranched alkanes of at least 4 members (excludes halogenated alkanes) is 1. The normalized spacial score (nSPS) is 25.5. The third-order valence-corrected chi connectivity index (χ3v) is 13.5. The molecule has 0 aromatic rings. The SMILES string of the molecule is CCCCC(NC(=O)C1C2C(CN1C(=O)C(NC(=O)NC1(CS(=O)(=O)N(C)CC)CCCCC1)C(C)(C)C)C2(C)C)C(=O)C(=O)NC1CC1. The lowest BCUT2D eigenvalue weighted by Crippen LogP contribution is -2.64. The van der Waals surface area contributed by atoms with Gasteiger partial charge in [-0.3, -0.25) is 19.2 Å². The number of amides is 5. The van der Waals surface area contributed by atoms with Gasteiger partial charge in [-0.15, -0.1) is 0 Å². The highest BCUT2D eigenvalue weighted by Crippen LogP contribution is 2.65. The van der Waals surface area contributed by atoms with Crippen molar-refractivity contribution in [1.82, 2.24) is 30.5 Å². The number of hydrogen-bond donors (Lipinski definition) is 4. The minimum absolute atomic E-state index is 0.00375. The molecule has 13 nitrogen and oxygen atoms in total. The smallest absolute Gasteiger partial charge is 0.315 e. The second kappa shape index (κ2) is 14.9. The summed E-state index contributed by atoms with van der Waals surface area (Å²) in [7, 11) is -2.11. The zero-order chi connectivity index (χ0) is 36.5. The topological polar surface area (TPSA) is 174 Å². The molecule has 1 heterocycles. The molecule has 5 amide bonds. The average molecular weight is 709 g/mol. The largest absolute Gasteiger partial charge is 0.347 e. The first-order chi connectivity index (χ1) is 22.8. The van der Waals surface area contributed by atoms with Crippen molar-refractivity contribution in [1.29, 1.82) is 0 Å². The van der Waals surface area contributed by atoms with E-state index in [1.54, 1.807) is 6.92 Å². The van der Waals surface area contributed by atoms with Gasteiger partial charge in [0.25, 0.3) is 5.91 Å². The molecule has 1 saturated heterocycles. The molecule has 0 aromatic carbocycles. The standard InChI is InChI=1S/C35H60N6O7S/c1-9-11-15-24(27(42)30(44)36-22-16-17-22)37-29(43)26-25-23(34(25,6)7)20-41(26)31(45)28(33(3,4)5)38-32(46)39-35(18-13-12-14-19-35)21-49(47,48)40(8)10-2/h22-26,28H,9-21H2,1-8H3,(H,36,44)(H,37,43)(H2,38,39,46). The molecule has 4 N–H and O–H groups in total. The van der Waals surface area contributed by atoms with Gasteiger partial charge < -0.3 is 26.2 Å². The quantitative estimate of drug-likeness (QED) is 0.189. The van der Waals surface area contributed by atoms with E-state index in [2.05, 4.69) is 35.1 Å². The van der Waals surface area contributed by atoms with Crippen molar-refractivity contribution in [2.45, 2.75) is 142 Å². The number of piperidine rings is 1. The molecular weight excluding hydrogens is 648 g/mol. The van der Waals surface area contributed by atoms with E-state index in [9.17, 15) is 32.4 Å². The third kappa shape index (κ3) is 8.95. The fourth-order valence-electron chi connectivity index (χ4n) is 7.80. The van der Waals surface area contributed by atoms with Crippen LogP contribution in [0.15, 0.2) is 0 Å². The van der Waals surface area contributed by atoms with Gasteiger partial charge in [0.1, 0.15) is 12.1 Å². The Morgan fingerprint density at radius 2 is 1.61 bits per heavy atom. The summed E-state index contributed by atoms with van der Waals surface area (Å²) in [5.41, 5.74) is -1.92. The number of Topliss-reactive ketones (excluding diaryl/α,β-unsaturated/α-hetero) is 1. The van der Waals surface area contributed by atoms with Crippen LogP contribution in [0.3, 0.4) is 0 Å². The van der Waals surface area contributed by atoms with E-state index in [0.717, 1.165) is 38.5 Å². The van der Waals surface area contributed by atoms with Gasteiger partial charge in [0.15, 0.2) is 0 Å². The number of urea groups is 1. The molecular formula is C35H60N6O7S. The van der Waals surface area contributed by atoms with Crippen molar-refractivity contribution in [3.8, 4) is 0 Å². The van der Waals surface area contributed by atoms with E-state index in [1.807, 2.05) is 27.7 Å². The highest BCUT2D eigenvalue weighted by atomic mass is 32.2. The summed E-state index contributed by atoms with van der Waals surface area (Å²) < 4.78 is 27.6. The lowest BCUT2D eigenvalue weighted by atomic mass is 9.83. The van der Waals surface area contributed by atoms with Gasteiger partial charge in [0.05, 0.1) is 17.3 Å². The van der Waals surface area contributed by atoms with Crippen LogP contribution in [0.4, 0.5) is 4.79 Å². The van der Waals surface area contributed by atoms with Crippen LogP contribution in [0.25, 0.3) is 0 Å². The summed E-state index contributed by atoms with van der Waals surface area (Å²) >= 11 is 0. The van der Waals surface area contributed by atoms with Crippen LogP contribution in [0.1, 0.15) is 113 Å². The van der Waals surface area contributed by atoms with Crippen LogP contribution < -0.4 is 21.3 Å². The Labute approximate surface area is 292 Å². The average Bonchev–Trinajstić information content (AvgIpc) is 3.87. The second-order valence-corrected chi connectivity index (χ2v) is 18.7. The first-order valence-corrected chi connectivity index (χ1v) is 19.9. The van der Waals surface area contributed by atoms with Crippen LogP contribution in [0.5, 0.6) is 0 Å². The van der Waals surface area contributed by atoms with Gasteiger partial charge in [-0.1, -0.05) is 80.6 Å². The molecule has 0 bridgehead atoms. The number of fused-ring (bicyclic) bond motifs is 1. The Balaban J connectivity index is 1.54. The number of nitrogens with zero attached hydrogens (tertiary/aromatic N) is 2. The van der Waals surface area contributed by atoms with Gasteiger partial charge in [-0.05, 0) is 54.8 Å². The Hall–Kier alpha value is -2.74. The maximum absolute atomic E-state index is 14.4. The number of nitrogens with one attached hydrogen (secondary N) is 4. The zero-order valence-corrected chi connectivity index (χ0v) is 31.6. The summed E-state index contributed by atoms with van der Waals surface area (Å²) in [5, 5.41) is 11.5. The fraction of sp³-hybridized carbons (Fsp3) is 0.857. The highest BCUT2D eigenvalue weighted by Gasteiger charge is 2.70. The molecule has 4 fully saturated rings. The molecule has 4 aliphatic rings. The molecule has 5 unspecified atom stereocenters.